The van der Waals surface area contributed by atoms with E-state index < -0.39 is 0 Å². The second-order valence-electron chi connectivity index (χ2n) is 6.14. The summed E-state index contributed by atoms with van der Waals surface area (Å²) in [6.07, 6.45) is 0.636. The molecule has 0 aliphatic heterocycles. The van der Waals surface area contributed by atoms with Gasteiger partial charge in [-0.25, -0.2) is 0 Å². The SMILES string of the molecule is N#CCc1ccc(NC(=O)c2ccc(C(=O)Nc3ccc(CC#N)cc3)s2)cc1. The molecule has 0 spiro atoms. The lowest BCUT2D eigenvalue weighted by Crippen LogP contribution is -2.11. The molecule has 0 saturated carbocycles. The molecule has 0 fully saturated rings. The maximum atomic E-state index is 12.4. The summed E-state index contributed by atoms with van der Waals surface area (Å²) >= 11 is 1.10. The molecule has 3 aromatic rings. The van der Waals surface area contributed by atoms with Crippen molar-refractivity contribution in [3.05, 3.63) is 81.5 Å². The van der Waals surface area contributed by atoms with Crippen molar-refractivity contribution in [3.8, 4) is 12.1 Å². The fourth-order valence-corrected chi connectivity index (χ4v) is 3.36. The number of hydrogen-bond donors (Lipinski definition) is 2. The van der Waals surface area contributed by atoms with Crippen molar-refractivity contribution in [3.63, 3.8) is 0 Å². The number of nitrogens with zero attached hydrogens (tertiary/aromatic N) is 2. The Hall–Kier alpha value is -3.94. The fraction of sp³-hybridized carbons (Fsp3) is 0.0909. The van der Waals surface area contributed by atoms with Gasteiger partial charge in [0, 0.05) is 11.4 Å². The Bertz CT molecular complexity index is 1020. The van der Waals surface area contributed by atoms with E-state index in [1.165, 1.54) is 0 Å². The molecule has 29 heavy (non-hydrogen) atoms. The molecule has 7 heteroatoms. The van der Waals surface area contributed by atoms with Gasteiger partial charge in [-0.2, -0.15) is 10.5 Å². The second kappa shape index (κ2) is 9.32. The Balaban J connectivity index is 1.61. The molecule has 6 nitrogen and oxygen atoms in total. The number of benzene rings is 2. The van der Waals surface area contributed by atoms with Gasteiger partial charge in [-0.15, -0.1) is 11.3 Å². The first-order chi connectivity index (χ1) is 14.1. The molecular formula is C22H16N4O2S. The molecule has 1 aromatic heterocycles. The number of amides is 2. The van der Waals surface area contributed by atoms with Crippen molar-refractivity contribution in [2.75, 3.05) is 10.6 Å². The summed E-state index contributed by atoms with van der Waals surface area (Å²) in [5.74, 6) is -0.606. The number of carbonyl (C=O) groups excluding carboxylic acids is 2. The van der Waals surface area contributed by atoms with E-state index in [0.717, 1.165) is 22.5 Å². The zero-order valence-corrected chi connectivity index (χ0v) is 16.1. The average molecular weight is 400 g/mol. The van der Waals surface area contributed by atoms with Gasteiger partial charge in [-0.1, -0.05) is 24.3 Å². The average Bonchev–Trinajstić information content (AvgIpc) is 3.22. The smallest absolute Gasteiger partial charge is 0.265 e. The normalized spacial score (nSPS) is 9.86. The van der Waals surface area contributed by atoms with Gasteiger partial charge in [0.1, 0.15) is 0 Å². The second-order valence-corrected chi connectivity index (χ2v) is 7.22. The number of nitrogens with one attached hydrogen (secondary N) is 2. The van der Waals surface area contributed by atoms with Gasteiger partial charge in [0.2, 0.25) is 0 Å². The molecule has 3 rings (SSSR count). The first-order valence-corrected chi connectivity index (χ1v) is 9.55. The summed E-state index contributed by atoms with van der Waals surface area (Å²) in [6, 6.07) is 21.5. The van der Waals surface area contributed by atoms with E-state index in [4.69, 9.17) is 10.5 Å². The van der Waals surface area contributed by atoms with Gasteiger partial charge in [0.15, 0.2) is 0 Å². The fourth-order valence-electron chi connectivity index (χ4n) is 2.56. The highest BCUT2D eigenvalue weighted by atomic mass is 32.1. The van der Waals surface area contributed by atoms with Crippen LogP contribution in [0.15, 0.2) is 60.7 Å². The summed E-state index contributed by atoms with van der Waals surface area (Å²) in [5, 5.41) is 22.9. The number of carbonyl (C=O) groups is 2. The molecule has 0 saturated heterocycles. The van der Waals surface area contributed by atoms with E-state index in [-0.39, 0.29) is 11.8 Å². The van der Waals surface area contributed by atoms with Crippen molar-refractivity contribution < 1.29 is 9.59 Å². The molecule has 0 aliphatic carbocycles. The van der Waals surface area contributed by atoms with E-state index in [9.17, 15) is 9.59 Å². The number of hydrogen-bond acceptors (Lipinski definition) is 5. The van der Waals surface area contributed by atoms with Crippen LogP contribution in [0.3, 0.4) is 0 Å². The number of thiophene rings is 1. The van der Waals surface area contributed by atoms with Crippen LogP contribution in [-0.4, -0.2) is 11.8 Å². The third-order valence-electron chi connectivity index (χ3n) is 4.04. The van der Waals surface area contributed by atoms with Gasteiger partial charge in [-0.3, -0.25) is 9.59 Å². The lowest BCUT2D eigenvalue weighted by molar-refractivity contribution is 0.102. The van der Waals surface area contributed by atoms with E-state index >= 15 is 0 Å². The van der Waals surface area contributed by atoms with Gasteiger partial charge in [-0.05, 0) is 47.5 Å². The highest BCUT2D eigenvalue weighted by Gasteiger charge is 2.14. The van der Waals surface area contributed by atoms with Crippen LogP contribution < -0.4 is 10.6 Å². The molecule has 1 heterocycles. The predicted molar refractivity (Wildman–Crippen MR) is 112 cm³/mol. The topological polar surface area (TPSA) is 106 Å². The van der Waals surface area contributed by atoms with Crippen LogP contribution in [0.5, 0.6) is 0 Å². The summed E-state index contributed by atoms with van der Waals surface area (Å²) in [6.45, 7) is 0. The third-order valence-corrected chi connectivity index (χ3v) is 5.13. The highest BCUT2D eigenvalue weighted by molar-refractivity contribution is 7.16. The molecule has 2 N–H and O–H groups in total. The zero-order chi connectivity index (χ0) is 20.6. The Morgan fingerprint density at radius 2 is 1.07 bits per heavy atom. The molecule has 2 aromatic carbocycles. The Kier molecular flexibility index (Phi) is 6.36. The van der Waals surface area contributed by atoms with Gasteiger partial charge < -0.3 is 10.6 Å². The van der Waals surface area contributed by atoms with Crippen LogP contribution in [0.25, 0.3) is 0 Å². The van der Waals surface area contributed by atoms with Crippen molar-refractivity contribution in [2.24, 2.45) is 0 Å². The summed E-state index contributed by atoms with van der Waals surface area (Å²) in [7, 11) is 0. The Labute approximate surface area is 172 Å². The van der Waals surface area contributed by atoms with Crippen LogP contribution in [0.2, 0.25) is 0 Å². The van der Waals surface area contributed by atoms with Crippen LogP contribution in [-0.2, 0) is 12.8 Å². The molecule has 0 atom stereocenters. The first-order valence-electron chi connectivity index (χ1n) is 8.73. The van der Waals surface area contributed by atoms with Crippen LogP contribution in [0.1, 0.15) is 30.5 Å². The standard InChI is InChI=1S/C22H16N4O2S/c23-13-11-15-1-5-17(6-2-15)25-21(27)19-9-10-20(29-19)22(28)26-18-7-3-16(4-8-18)12-14-24/h1-10H,11-12H2,(H,25,27)(H,26,28). The molecule has 2 amide bonds. The van der Waals surface area contributed by atoms with Crippen molar-refractivity contribution >= 4 is 34.5 Å². The molecule has 142 valence electrons. The van der Waals surface area contributed by atoms with Crippen LogP contribution in [0, 0.1) is 22.7 Å². The maximum Gasteiger partial charge on any atom is 0.265 e. The van der Waals surface area contributed by atoms with E-state index in [2.05, 4.69) is 22.8 Å². The van der Waals surface area contributed by atoms with Crippen molar-refractivity contribution in [1.29, 1.82) is 10.5 Å². The highest BCUT2D eigenvalue weighted by Crippen LogP contribution is 2.20. The number of rotatable bonds is 6. The minimum absolute atomic E-state index is 0.303. The Morgan fingerprint density at radius 1 is 0.690 bits per heavy atom. The van der Waals surface area contributed by atoms with Gasteiger partial charge in [0.25, 0.3) is 11.8 Å². The van der Waals surface area contributed by atoms with Crippen LogP contribution >= 0.6 is 11.3 Å². The van der Waals surface area contributed by atoms with E-state index in [1.54, 1.807) is 60.7 Å². The molecule has 0 unspecified atom stereocenters. The van der Waals surface area contributed by atoms with E-state index in [1.807, 2.05) is 0 Å². The van der Waals surface area contributed by atoms with E-state index in [0.29, 0.717) is 34.0 Å². The minimum Gasteiger partial charge on any atom is -0.321 e. The van der Waals surface area contributed by atoms with Gasteiger partial charge in [0.05, 0.1) is 34.7 Å². The maximum absolute atomic E-state index is 12.4. The van der Waals surface area contributed by atoms with Crippen molar-refractivity contribution in [1.82, 2.24) is 0 Å². The molecule has 0 bridgehead atoms. The number of anilines is 2. The number of nitriles is 2. The summed E-state index contributed by atoms with van der Waals surface area (Å²) in [4.78, 5) is 25.6. The van der Waals surface area contributed by atoms with Crippen LogP contribution in [0.4, 0.5) is 11.4 Å². The van der Waals surface area contributed by atoms with Gasteiger partial charge >= 0.3 is 0 Å². The molecular weight excluding hydrogens is 384 g/mol. The third kappa shape index (κ3) is 5.29. The lowest BCUT2D eigenvalue weighted by atomic mass is 10.1. The summed E-state index contributed by atoms with van der Waals surface area (Å²) < 4.78 is 0. The largest absolute Gasteiger partial charge is 0.321 e. The Morgan fingerprint density at radius 3 is 1.41 bits per heavy atom. The minimum atomic E-state index is -0.303. The quantitative estimate of drug-likeness (QED) is 0.640. The monoisotopic (exact) mass is 400 g/mol. The zero-order valence-electron chi connectivity index (χ0n) is 15.3. The lowest BCUT2D eigenvalue weighted by Gasteiger charge is -2.05. The summed E-state index contributed by atoms with van der Waals surface area (Å²) in [5.41, 5.74) is 2.99. The first kappa shape index (κ1) is 19.8. The molecule has 0 radical (unpaired) electrons. The molecule has 0 aliphatic rings. The van der Waals surface area contributed by atoms with Crippen molar-refractivity contribution in [2.45, 2.75) is 12.8 Å². The predicted octanol–water partition coefficient (Wildman–Crippen LogP) is 4.38.